The second-order valence-corrected chi connectivity index (χ2v) is 8.97. The third kappa shape index (κ3) is 9.40. The molecule has 2 N–H and O–H groups in total. The van der Waals surface area contributed by atoms with Crippen LogP contribution >= 0.6 is 24.0 Å². The second kappa shape index (κ2) is 10.1. The first-order valence-corrected chi connectivity index (χ1v) is 8.98. The lowest BCUT2D eigenvalue weighted by molar-refractivity contribution is -0.143. The number of likely N-dealkylation sites (tertiary alicyclic amines) is 1. The minimum absolute atomic E-state index is 0. The fourth-order valence-corrected chi connectivity index (χ4v) is 3.20. The van der Waals surface area contributed by atoms with Crippen LogP contribution in [-0.2, 0) is 10.8 Å². The molecule has 1 rings (SSSR count). The molecule has 0 spiro atoms. The third-order valence-electron chi connectivity index (χ3n) is 3.50. The van der Waals surface area contributed by atoms with Gasteiger partial charge in [0.1, 0.15) is 0 Å². The van der Waals surface area contributed by atoms with Crippen LogP contribution < -0.4 is 10.6 Å². The molecular weight excluding hydrogens is 456 g/mol. The van der Waals surface area contributed by atoms with Gasteiger partial charge in [-0.1, -0.05) is 0 Å². The van der Waals surface area contributed by atoms with Gasteiger partial charge in [-0.2, -0.15) is 13.2 Å². The van der Waals surface area contributed by atoms with E-state index in [9.17, 15) is 17.4 Å². The quantitative estimate of drug-likeness (QED) is 0.356. The molecule has 0 aromatic carbocycles. The van der Waals surface area contributed by atoms with Crippen molar-refractivity contribution in [2.75, 3.05) is 39.0 Å². The van der Waals surface area contributed by atoms with Gasteiger partial charge in [-0.15, -0.1) is 24.0 Å². The Kier molecular flexibility index (Phi) is 10.1. The van der Waals surface area contributed by atoms with Crippen molar-refractivity contribution in [2.24, 2.45) is 4.99 Å². The number of guanidine groups is 1. The summed E-state index contributed by atoms with van der Waals surface area (Å²) in [5.41, 5.74) is 0. The van der Waals surface area contributed by atoms with Crippen LogP contribution in [0.3, 0.4) is 0 Å². The van der Waals surface area contributed by atoms with E-state index in [0.717, 1.165) is 0 Å². The SMILES string of the molecule is CN=C(NCCS(=O)C(C)(C)C)NC1CCN(CC(F)(F)F)C1.I. The molecule has 0 saturated carbocycles. The number of nitrogens with one attached hydrogen (secondary N) is 2. The molecule has 0 aliphatic carbocycles. The summed E-state index contributed by atoms with van der Waals surface area (Å²) in [6.07, 6.45) is -3.52. The Labute approximate surface area is 161 Å². The molecule has 144 valence electrons. The van der Waals surface area contributed by atoms with E-state index in [1.807, 2.05) is 20.8 Å². The van der Waals surface area contributed by atoms with Gasteiger partial charge in [0.15, 0.2) is 5.96 Å². The number of aliphatic imine (C=N–C) groups is 1. The molecule has 0 amide bonds. The average Bonchev–Trinajstić information content (AvgIpc) is 2.81. The van der Waals surface area contributed by atoms with Crippen molar-refractivity contribution in [3.8, 4) is 0 Å². The zero-order valence-electron chi connectivity index (χ0n) is 14.6. The maximum absolute atomic E-state index is 12.4. The smallest absolute Gasteiger partial charge is 0.355 e. The van der Waals surface area contributed by atoms with E-state index in [1.165, 1.54) is 4.90 Å². The van der Waals surface area contributed by atoms with Crippen molar-refractivity contribution in [3.63, 3.8) is 0 Å². The summed E-state index contributed by atoms with van der Waals surface area (Å²) in [7, 11) is 0.654. The summed E-state index contributed by atoms with van der Waals surface area (Å²) in [4.78, 5) is 5.45. The van der Waals surface area contributed by atoms with Gasteiger partial charge in [-0.3, -0.25) is 14.1 Å². The zero-order chi connectivity index (χ0) is 17.7. The van der Waals surface area contributed by atoms with E-state index in [2.05, 4.69) is 15.6 Å². The van der Waals surface area contributed by atoms with Crippen molar-refractivity contribution < 1.29 is 17.4 Å². The summed E-state index contributed by atoms with van der Waals surface area (Å²) in [6.45, 7) is 6.15. The minimum Gasteiger partial charge on any atom is -0.355 e. The van der Waals surface area contributed by atoms with Gasteiger partial charge < -0.3 is 10.6 Å². The molecule has 10 heteroatoms. The van der Waals surface area contributed by atoms with Crippen LogP contribution in [0.1, 0.15) is 27.2 Å². The van der Waals surface area contributed by atoms with Gasteiger partial charge >= 0.3 is 6.18 Å². The Morgan fingerprint density at radius 3 is 2.46 bits per heavy atom. The van der Waals surface area contributed by atoms with E-state index >= 15 is 0 Å². The number of hydrogen-bond donors (Lipinski definition) is 2. The Morgan fingerprint density at radius 2 is 1.96 bits per heavy atom. The molecule has 24 heavy (non-hydrogen) atoms. The van der Waals surface area contributed by atoms with Crippen molar-refractivity contribution in [1.82, 2.24) is 15.5 Å². The summed E-state index contributed by atoms with van der Waals surface area (Å²) in [5, 5.41) is 6.19. The summed E-state index contributed by atoms with van der Waals surface area (Å²) in [5.74, 6) is 1.03. The van der Waals surface area contributed by atoms with Gasteiger partial charge in [0, 0.05) is 54.0 Å². The van der Waals surface area contributed by atoms with E-state index < -0.39 is 23.5 Å². The van der Waals surface area contributed by atoms with Gasteiger partial charge in [0.05, 0.1) is 6.54 Å². The Hall–Kier alpha value is -0.100. The van der Waals surface area contributed by atoms with Crippen molar-refractivity contribution >= 4 is 40.7 Å². The number of halogens is 4. The minimum atomic E-state index is -4.16. The van der Waals surface area contributed by atoms with Crippen LogP contribution in [-0.4, -0.2) is 71.0 Å². The molecule has 0 bridgehead atoms. The maximum atomic E-state index is 12.4. The first kappa shape index (κ1) is 23.9. The lowest BCUT2D eigenvalue weighted by Crippen LogP contribution is -2.46. The number of hydrogen-bond acceptors (Lipinski definition) is 3. The van der Waals surface area contributed by atoms with Crippen LogP contribution in [0.25, 0.3) is 0 Å². The van der Waals surface area contributed by atoms with Gasteiger partial charge in [-0.05, 0) is 27.2 Å². The topological polar surface area (TPSA) is 56.7 Å². The van der Waals surface area contributed by atoms with Crippen molar-refractivity contribution in [2.45, 2.75) is 44.2 Å². The molecule has 0 aromatic rings. The predicted molar refractivity (Wildman–Crippen MR) is 104 cm³/mol. The number of alkyl halides is 3. The molecule has 1 fully saturated rings. The van der Waals surface area contributed by atoms with Crippen LogP contribution in [0.5, 0.6) is 0 Å². The van der Waals surface area contributed by atoms with E-state index in [1.54, 1.807) is 7.05 Å². The van der Waals surface area contributed by atoms with Gasteiger partial charge in [-0.25, -0.2) is 0 Å². The highest BCUT2D eigenvalue weighted by molar-refractivity contribution is 14.0. The molecule has 5 nitrogen and oxygen atoms in total. The first-order chi connectivity index (χ1) is 10.5. The molecule has 1 heterocycles. The average molecular weight is 484 g/mol. The summed E-state index contributed by atoms with van der Waals surface area (Å²) >= 11 is 0. The highest BCUT2D eigenvalue weighted by Gasteiger charge is 2.34. The van der Waals surface area contributed by atoms with Crippen LogP contribution in [0.15, 0.2) is 4.99 Å². The molecule has 0 radical (unpaired) electrons. The monoisotopic (exact) mass is 484 g/mol. The van der Waals surface area contributed by atoms with Gasteiger partial charge in [0.25, 0.3) is 0 Å². The maximum Gasteiger partial charge on any atom is 0.401 e. The Morgan fingerprint density at radius 1 is 1.33 bits per heavy atom. The highest BCUT2D eigenvalue weighted by atomic mass is 127. The third-order valence-corrected chi connectivity index (χ3v) is 5.44. The van der Waals surface area contributed by atoms with Gasteiger partial charge in [0.2, 0.25) is 0 Å². The molecule has 1 aliphatic rings. The van der Waals surface area contributed by atoms with E-state index in [4.69, 9.17) is 0 Å². The fourth-order valence-electron chi connectivity index (χ4n) is 2.30. The lowest BCUT2D eigenvalue weighted by Gasteiger charge is -2.21. The molecular formula is C14H28F3IN4OS. The molecule has 2 atom stereocenters. The number of nitrogens with zero attached hydrogens (tertiary/aromatic N) is 2. The van der Waals surface area contributed by atoms with Crippen LogP contribution in [0.2, 0.25) is 0 Å². The molecule has 2 unspecified atom stereocenters. The van der Waals surface area contributed by atoms with Crippen molar-refractivity contribution in [1.29, 1.82) is 0 Å². The van der Waals surface area contributed by atoms with E-state index in [-0.39, 0.29) is 34.8 Å². The molecule has 1 aliphatic heterocycles. The second-order valence-electron chi connectivity index (χ2n) is 6.64. The predicted octanol–water partition coefficient (Wildman–Crippen LogP) is 1.95. The largest absolute Gasteiger partial charge is 0.401 e. The Balaban J connectivity index is 0.00000529. The van der Waals surface area contributed by atoms with Crippen LogP contribution in [0, 0.1) is 0 Å². The zero-order valence-corrected chi connectivity index (χ0v) is 17.7. The normalized spacial score (nSPS) is 21.3. The van der Waals surface area contributed by atoms with Crippen LogP contribution in [0.4, 0.5) is 13.2 Å². The standard InChI is InChI=1S/C14H27F3N4OS.HI/c1-13(2,3)23(22)8-6-19-12(18-4)20-11-5-7-21(9-11)10-14(15,16)17;/h11H,5-10H2,1-4H3,(H2,18,19,20);1H. The van der Waals surface area contributed by atoms with Crippen molar-refractivity contribution in [3.05, 3.63) is 0 Å². The highest BCUT2D eigenvalue weighted by Crippen LogP contribution is 2.19. The fraction of sp³-hybridized carbons (Fsp3) is 0.929. The molecule has 1 saturated heterocycles. The Bertz CT molecular complexity index is 441. The first-order valence-electron chi connectivity index (χ1n) is 7.66. The van der Waals surface area contributed by atoms with E-state index in [0.29, 0.717) is 37.8 Å². The molecule has 0 aromatic heterocycles. The lowest BCUT2D eigenvalue weighted by atomic mass is 10.3. The summed E-state index contributed by atoms with van der Waals surface area (Å²) < 4.78 is 48.8. The number of rotatable bonds is 5. The summed E-state index contributed by atoms with van der Waals surface area (Å²) in [6, 6.07) is -0.0586.